The van der Waals surface area contributed by atoms with Crippen LogP contribution in [0.4, 0.5) is 0 Å². The van der Waals surface area contributed by atoms with Crippen molar-refractivity contribution in [2.24, 2.45) is 35.5 Å². The number of hydrogen-bond acceptors (Lipinski definition) is 0. The Morgan fingerprint density at radius 1 is 0.167 bits per heavy atom. The van der Waals surface area contributed by atoms with E-state index in [-0.39, 0.29) is 0 Å². The molecule has 0 heterocycles. The van der Waals surface area contributed by atoms with Gasteiger partial charge in [-0.2, -0.15) is 0 Å². The molecule has 1 aliphatic carbocycles. The predicted molar refractivity (Wildman–Crippen MR) is 458 cm³/mol. The molecule has 0 saturated carbocycles. The molecule has 3 aromatic rings. The largest absolute Gasteiger partial charge is 0.0654 e. The zero-order chi connectivity index (χ0) is 73.3. The number of benzene rings is 3. The van der Waals surface area contributed by atoms with Gasteiger partial charge in [0, 0.05) is 33.4 Å². The molecule has 0 heteroatoms. The molecule has 1 aliphatic rings. The van der Waals surface area contributed by atoms with Crippen molar-refractivity contribution < 1.29 is 0 Å². The minimum Gasteiger partial charge on any atom is -0.0654 e. The van der Waals surface area contributed by atoms with Gasteiger partial charge in [0.25, 0.3) is 0 Å². The van der Waals surface area contributed by atoms with Gasteiger partial charge in [0.2, 0.25) is 0 Å². The Balaban J connectivity index is 1.94. The first-order valence-corrected chi connectivity index (χ1v) is 45.9. The monoisotopic (exact) mass is 1390 g/mol. The summed E-state index contributed by atoms with van der Waals surface area (Å²) in [5.41, 5.74) is 15.9. The first kappa shape index (κ1) is 90.7. The maximum atomic E-state index is 3.99. The average molecular weight is 1390 g/mol. The minimum atomic E-state index is 0.623. The zero-order valence-electron chi connectivity index (χ0n) is 70.4. The van der Waals surface area contributed by atoms with Crippen LogP contribution in [0.3, 0.4) is 0 Å². The van der Waals surface area contributed by atoms with Crippen LogP contribution in [0, 0.1) is 71.0 Å². The summed E-state index contributed by atoms with van der Waals surface area (Å²) < 4.78 is 0. The lowest BCUT2D eigenvalue weighted by molar-refractivity contribution is 0.466. The van der Waals surface area contributed by atoms with Crippen molar-refractivity contribution in [1.29, 1.82) is 0 Å². The summed E-state index contributed by atoms with van der Waals surface area (Å²) >= 11 is 0. The van der Waals surface area contributed by atoms with Gasteiger partial charge in [0.15, 0.2) is 0 Å². The summed E-state index contributed by atoms with van der Waals surface area (Å²) in [4.78, 5) is 0. The molecule has 0 nitrogen and oxygen atoms in total. The minimum absolute atomic E-state index is 0.623. The highest BCUT2D eigenvalue weighted by atomic mass is 14.2. The van der Waals surface area contributed by atoms with Gasteiger partial charge in [0.05, 0.1) is 0 Å². The molecule has 0 bridgehead atoms. The number of rotatable bonds is 66. The van der Waals surface area contributed by atoms with Crippen LogP contribution in [0.2, 0.25) is 0 Å². The van der Waals surface area contributed by atoms with E-state index in [4.69, 9.17) is 0 Å². The van der Waals surface area contributed by atoms with E-state index in [1.807, 2.05) is 0 Å². The van der Waals surface area contributed by atoms with Gasteiger partial charge in [0.1, 0.15) is 0 Å². The molecule has 6 atom stereocenters. The van der Waals surface area contributed by atoms with E-state index < -0.39 is 0 Å². The summed E-state index contributed by atoms with van der Waals surface area (Å²) in [6.45, 7) is 29.3. The summed E-state index contributed by atoms with van der Waals surface area (Å²) in [5.74, 6) is 27.7. The third-order valence-electron chi connectivity index (χ3n) is 23.7. The number of fused-ring (bicyclic) bond motifs is 3. The molecule has 0 amide bonds. The van der Waals surface area contributed by atoms with Crippen LogP contribution in [-0.2, 0) is 38.5 Å². The molecule has 0 unspecified atom stereocenters. The first-order valence-electron chi connectivity index (χ1n) is 45.9. The lowest BCUT2D eigenvalue weighted by Gasteiger charge is -2.20. The quantitative estimate of drug-likeness (QED) is 0.0305. The molecule has 3 aromatic carbocycles. The zero-order valence-corrected chi connectivity index (χ0v) is 70.4. The van der Waals surface area contributed by atoms with E-state index in [1.54, 1.807) is 0 Å². The third-order valence-corrected chi connectivity index (χ3v) is 23.7. The summed E-state index contributed by atoms with van der Waals surface area (Å²) in [6.07, 6.45) is 80.7. The van der Waals surface area contributed by atoms with Gasteiger partial charge in [-0.1, -0.05) is 465 Å². The van der Waals surface area contributed by atoms with E-state index in [9.17, 15) is 0 Å². The Morgan fingerprint density at radius 3 is 0.392 bits per heavy atom. The molecule has 0 saturated heterocycles. The van der Waals surface area contributed by atoms with E-state index in [2.05, 4.69) is 155 Å². The predicted octanol–water partition coefficient (Wildman–Crippen LogP) is 32.5. The molecule has 102 heavy (non-hydrogen) atoms. The summed E-state index contributed by atoms with van der Waals surface area (Å²) in [5, 5.41) is 0. The van der Waals surface area contributed by atoms with Gasteiger partial charge < -0.3 is 0 Å². The normalized spacial score (nSPS) is 13.6. The van der Waals surface area contributed by atoms with Gasteiger partial charge in [-0.15, -0.1) is 0 Å². The van der Waals surface area contributed by atoms with Gasteiger partial charge in [-0.3, -0.25) is 0 Å². The third kappa shape index (κ3) is 42.6. The summed E-state index contributed by atoms with van der Waals surface area (Å²) in [7, 11) is 0. The molecular weight excluding hydrogens is 1230 g/mol. The van der Waals surface area contributed by atoms with Crippen LogP contribution in [-0.4, -0.2) is 0 Å². The molecule has 0 radical (unpaired) electrons. The molecular formula is C102H168. The fraction of sp³-hybridized carbons (Fsp3) is 0.765. The Morgan fingerprint density at radius 2 is 0.275 bits per heavy atom. The molecule has 0 N–H and O–H groups in total. The molecule has 0 spiro atoms. The van der Waals surface area contributed by atoms with Crippen molar-refractivity contribution in [3.05, 3.63) is 103 Å². The molecule has 0 aromatic heterocycles. The first-order chi connectivity index (χ1) is 49.9. The van der Waals surface area contributed by atoms with Crippen molar-refractivity contribution in [2.45, 2.75) is 468 Å². The van der Waals surface area contributed by atoms with Crippen LogP contribution in [0.15, 0.2) is 36.4 Å². The number of unbranched alkanes of at least 4 members (excludes halogenated alkanes) is 42. The van der Waals surface area contributed by atoms with Crippen LogP contribution in [0.25, 0.3) is 0 Å². The SMILES string of the molecule is CCCCCCCCCC[C@H](C)Cc1cc2c(cc1C[C@@H](C)CCCCCCCCCC)C#Cc1cc(C[C@@H](C)CCCCCCCCCC)c(C[C@@H](C)CCCCCCCCCC)cc1C#Cc1cc(C[C@@H](C)CCCCCCCCCC)c(C[C@@H](C)CCCCCCCCCC)cc1C#C2. The van der Waals surface area contributed by atoms with Crippen LogP contribution < -0.4 is 0 Å². The van der Waals surface area contributed by atoms with Gasteiger partial charge in [-0.05, 0) is 144 Å². The smallest absolute Gasteiger partial charge is 0.0408 e. The standard InChI is InChI=1S/C102H168/c1-13-19-25-31-37-43-49-55-61-85(7)73-97-79-91-67-68-93-81-99(75-87(9)63-57-51-45-39-33-27-21-15-3)101(77-89(11)65-59-53-47-41-35-29-23-17-5)83-95(93)71-72-96-84-102(78-90(12)66-60-54-48-42-36-30-24-18-6)100(76-88(10)64-58-52-46-40-34-28-22-16-4)82-94(96)70-69-92(91)80-98(97)74-86(8)62-56-50-44-38-32-26-20-14-2/h79-90H,13-66,73-78H2,1-12H3/t85-,86-,87-,88-,89-,90-/m0/s1. The Hall–Kier alpha value is -3.66. The van der Waals surface area contributed by atoms with Crippen molar-refractivity contribution >= 4 is 0 Å². The van der Waals surface area contributed by atoms with Crippen molar-refractivity contribution in [3.8, 4) is 35.5 Å². The van der Waals surface area contributed by atoms with Crippen LogP contribution >= 0.6 is 0 Å². The van der Waals surface area contributed by atoms with E-state index in [1.165, 1.54) is 380 Å². The van der Waals surface area contributed by atoms with E-state index in [0.717, 1.165) is 71.9 Å². The van der Waals surface area contributed by atoms with Crippen LogP contribution in [0.5, 0.6) is 0 Å². The lowest BCUT2D eigenvalue weighted by atomic mass is 9.84. The van der Waals surface area contributed by atoms with Crippen molar-refractivity contribution in [2.75, 3.05) is 0 Å². The second-order valence-corrected chi connectivity index (χ2v) is 34.7. The van der Waals surface area contributed by atoms with E-state index >= 15 is 0 Å². The average Bonchev–Trinajstić information content (AvgIpc) is 0.696. The fourth-order valence-corrected chi connectivity index (χ4v) is 16.9. The topological polar surface area (TPSA) is 0 Å². The summed E-state index contributed by atoms with van der Waals surface area (Å²) in [6, 6.07) is 15.4. The lowest BCUT2D eigenvalue weighted by Crippen LogP contribution is -2.09. The second-order valence-electron chi connectivity index (χ2n) is 34.7. The van der Waals surface area contributed by atoms with Crippen LogP contribution in [0.1, 0.15) is 497 Å². The Bertz CT molecular complexity index is 2270. The van der Waals surface area contributed by atoms with E-state index in [0.29, 0.717) is 35.5 Å². The van der Waals surface area contributed by atoms with Gasteiger partial charge >= 0.3 is 0 Å². The second kappa shape index (κ2) is 60.4. The molecule has 0 aliphatic heterocycles. The Kier molecular flexibility index (Phi) is 53.7. The number of hydrogen-bond donors (Lipinski definition) is 0. The van der Waals surface area contributed by atoms with Gasteiger partial charge in [-0.25, -0.2) is 0 Å². The Labute approximate surface area is 638 Å². The van der Waals surface area contributed by atoms with Crippen molar-refractivity contribution in [1.82, 2.24) is 0 Å². The van der Waals surface area contributed by atoms with Crippen molar-refractivity contribution in [3.63, 3.8) is 0 Å². The molecule has 576 valence electrons. The molecule has 0 fully saturated rings. The maximum absolute atomic E-state index is 3.99. The maximum Gasteiger partial charge on any atom is 0.0408 e. The molecule has 4 rings (SSSR count). The highest BCUT2D eigenvalue weighted by Gasteiger charge is 2.20. The fourth-order valence-electron chi connectivity index (χ4n) is 16.9. The highest BCUT2D eigenvalue weighted by molar-refractivity contribution is 5.65. The highest BCUT2D eigenvalue weighted by Crippen LogP contribution is 2.32.